The van der Waals surface area contributed by atoms with Gasteiger partial charge in [0.1, 0.15) is 13.2 Å². The summed E-state index contributed by atoms with van der Waals surface area (Å²) in [7, 11) is 1.55. The number of amides is 1. The molecule has 3 unspecified atom stereocenters. The van der Waals surface area contributed by atoms with E-state index in [9.17, 15) is 19.4 Å². The monoisotopic (exact) mass is 744 g/mol. The van der Waals surface area contributed by atoms with Crippen LogP contribution >= 0.6 is 7.82 Å². The maximum atomic E-state index is 12.8. The van der Waals surface area contributed by atoms with Crippen LogP contribution in [0, 0.1) is 0 Å². The SMILES string of the molecule is CCC/C=C/CC/C=C/C(O)C(COP(=O)(O)OCC[N+](C)(C)C)NC(=O)CCCCCCCCCCCCCCCCCCCCCCCC. The van der Waals surface area contributed by atoms with Crippen molar-refractivity contribution in [3.63, 3.8) is 0 Å². The third-order valence-corrected chi connectivity index (χ3v) is 10.4. The van der Waals surface area contributed by atoms with Gasteiger partial charge in [-0.05, 0) is 25.7 Å². The van der Waals surface area contributed by atoms with E-state index in [1.807, 2.05) is 27.2 Å². The molecule has 0 saturated heterocycles. The van der Waals surface area contributed by atoms with E-state index in [0.717, 1.165) is 44.9 Å². The predicted octanol–water partition coefficient (Wildman–Crippen LogP) is 11.4. The molecule has 3 N–H and O–H groups in total. The van der Waals surface area contributed by atoms with Crippen molar-refractivity contribution in [3.8, 4) is 0 Å². The van der Waals surface area contributed by atoms with Crippen molar-refractivity contribution in [2.75, 3.05) is 40.9 Å². The fourth-order valence-corrected chi connectivity index (χ4v) is 6.74. The van der Waals surface area contributed by atoms with Gasteiger partial charge in [0.05, 0.1) is 39.9 Å². The fourth-order valence-electron chi connectivity index (χ4n) is 6.01. The first kappa shape index (κ1) is 50.0. The Hall–Kier alpha value is -1.02. The number of carbonyl (C=O) groups is 1. The van der Waals surface area contributed by atoms with E-state index in [0.29, 0.717) is 17.4 Å². The lowest BCUT2D eigenvalue weighted by Gasteiger charge is -2.25. The van der Waals surface area contributed by atoms with Gasteiger partial charge < -0.3 is 19.8 Å². The van der Waals surface area contributed by atoms with Crippen molar-refractivity contribution in [2.24, 2.45) is 0 Å². The van der Waals surface area contributed by atoms with Crippen molar-refractivity contribution in [1.29, 1.82) is 0 Å². The van der Waals surface area contributed by atoms with Crippen molar-refractivity contribution in [3.05, 3.63) is 24.3 Å². The third-order valence-electron chi connectivity index (χ3n) is 9.41. The number of likely N-dealkylation sites (N-methyl/N-ethyl adjacent to an activating group) is 1. The number of quaternary nitrogens is 1. The van der Waals surface area contributed by atoms with Crippen LogP contribution in [0.4, 0.5) is 0 Å². The van der Waals surface area contributed by atoms with Crippen LogP contribution in [0.25, 0.3) is 0 Å². The number of unbranched alkanes of at least 4 members (excludes halogenated alkanes) is 23. The molecular formula is C42H84N2O6P+. The molecule has 0 aliphatic rings. The number of hydrogen-bond acceptors (Lipinski definition) is 5. The summed E-state index contributed by atoms with van der Waals surface area (Å²) in [4.78, 5) is 22.9. The highest BCUT2D eigenvalue weighted by Crippen LogP contribution is 2.43. The quantitative estimate of drug-likeness (QED) is 0.0252. The molecule has 0 aliphatic heterocycles. The highest BCUT2D eigenvalue weighted by molar-refractivity contribution is 7.47. The summed E-state index contributed by atoms with van der Waals surface area (Å²) >= 11 is 0. The lowest BCUT2D eigenvalue weighted by molar-refractivity contribution is -0.870. The van der Waals surface area contributed by atoms with Gasteiger partial charge in [0, 0.05) is 6.42 Å². The average Bonchev–Trinajstić information content (AvgIpc) is 3.07. The number of aliphatic hydroxyl groups excluding tert-OH is 1. The number of nitrogens with one attached hydrogen (secondary N) is 1. The van der Waals surface area contributed by atoms with Gasteiger partial charge >= 0.3 is 7.82 Å². The molecule has 1 amide bonds. The first-order valence-electron chi connectivity index (χ1n) is 21.2. The molecule has 0 spiro atoms. The Kier molecular flexibility index (Phi) is 34.0. The standard InChI is InChI=1S/C42H83N2O6P/c1-6-8-10-12-14-15-16-17-18-19-20-21-22-23-24-25-26-27-28-30-32-34-36-42(46)43-40(41(45)35-33-31-29-13-11-9-7-2)39-50-51(47,48)49-38-37-44(3,4)5/h11,13,33,35,40-41,45H,6-10,12,14-32,34,36-39H2,1-5H3,(H-,43,46,47,48)/p+1/b13-11+,35-33+. The lowest BCUT2D eigenvalue weighted by Crippen LogP contribution is -2.45. The van der Waals surface area contributed by atoms with Crippen molar-refractivity contribution < 1.29 is 32.9 Å². The largest absolute Gasteiger partial charge is 0.472 e. The van der Waals surface area contributed by atoms with Gasteiger partial charge in [-0.3, -0.25) is 13.8 Å². The normalized spacial score (nSPS) is 14.7. The maximum absolute atomic E-state index is 12.8. The molecule has 0 aromatic carbocycles. The van der Waals surface area contributed by atoms with Gasteiger partial charge in [-0.1, -0.05) is 179 Å². The summed E-state index contributed by atoms with van der Waals surface area (Å²) < 4.78 is 23.4. The molecule has 0 heterocycles. The van der Waals surface area contributed by atoms with E-state index in [1.54, 1.807) is 6.08 Å². The zero-order valence-electron chi connectivity index (χ0n) is 34.1. The number of phosphoric ester groups is 1. The fraction of sp³-hybridized carbons (Fsp3) is 0.881. The van der Waals surface area contributed by atoms with Crippen LogP contribution in [0.1, 0.15) is 187 Å². The molecule has 0 rings (SSSR count). The van der Waals surface area contributed by atoms with Gasteiger partial charge in [-0.2, -0.15) is 0 Å². The molecule has 0 saturated carbocycles. The molecule has 0 aliphatic carbocycles. The molecule has 0 radical (unpaired) electrons. The number of allylic oxidation sites excluding steroid dienone is 3. The van der Waals surface area contributed by atoms with E-state index < -0.39 is 20.0 Å². The maximum Gasteiger partial charge on any atom is 0.472 e. The Labute approximate surface area is 315 Å². The second kappa shape index (κ2) is 34.7. The topological polar surface area (TPSA) is 105 Å². The van der Waals surface area contributed by atoms with Crippen LogP contribution in [0.5, 0.6) is 0 Å². The van der Waals surface area contributed by atoms with Crippen LogP contribution in [0.15, 0.2) is 24.3 Å². The van der Waals surface area contributed by atoms with Crippen LogP contribution in [-0.2, 0) is 18.4 Å². The van der Waals surface area contributed by atoms with Crippen LogP contribution in [0.2, 0.25) is 0 Å². The molecule has 9 heteroatoms. The molecule has 0 aromatic heterocycles. The van der Waals surface area contributed by atoms with Gasteiger partial charge in [0.15, 0.2) is 0 Å². The molecular weight excluding hydrogens is 659 g/mol. The number of hydrogen-bond donors (Lipinski definition) is 3. The minimum absolute atomic E-state index is 0.0574. The molecule has 8 nitrogen and oxygen atoms in total. The summed E-state index contributed by atoms with van der Waals surface area (Å²) in [6.07, 6.45) is 40.0. The first-order valence-corrected chi connectivity index (χ1v) is 22.7. The molecule has 302 valence electrons. The molecule has 3 atom stereocenters. The highest BCUT2D eigenvalue weighted by atomic mass is 31.2. The number of rotatable bonds is 38. The summed E-state index contributed by atoms with van der Waals surface area (Å²) in [6.45, 7) is 4.69. The summed E-state index contributed by atoms with van der Waals surface area (Å²) in [6, 6.07) is -0.855. The number of aliphatic hydroxyl groups is 1. The highest BCUT2D eigenvalue weighted by Gasteiger charge is 2.27. The predicted molar refractivity (Wildman–Crippen MR) is 217 cm³/mol. The summed E-state index contributed by atoms with van der Waals surface area (Å²) in [5.74, 6) is -0.189. The lowest BCUT2D eigenvalue weighted by atomic mass is 10.0. The minimum Gasteiger partial charge on any atom is -0.387 e. The van der Waals surface area contributed by atoms with Crippen LogP contribution in [-0.4, -0.2) is 73.4 Å². The Morgan fingerprint density at radius 3 is 1.53 bits per heavy atom. The van der Waals surface area contributed by atoms with Gasteiger partial charge in [-0.25, -0.2) is 4.57 Å². The number of nitrogens with zero attached hydrogens (tertiary/aromatic N) is 1. The van der Waals surface area contributed by atoms with Crippen LogP contribution in [0.3, 0.4) is 0 Å². The van der Waals surface area contributed by atoms with Gasteiger partial charge in [0.25, 0.3) is 0 Å². The van der Waals surface area contributed by atoms with E-state index in [4.69, 9.17) is 9.05 Å². The van der Waals surface area contributed by atoms with E-state index in [1.165, 1.54) is 122 Å². The van der Waals surface area contributed by atoms with Gasteiger partial charge in [0.2, 0.25) is 5.91 Å². The zero-order chi connectivity index (χ0) is 37.9. The van der Waals surface area contributed by atoms with Crippen LogP contribution < -0.4 is 5.32 Å². The zero-order valence-corrected chi connectivity index (χ0v) is 35.0. The second-order valence-corrected chi connectivity index (χ2v) is 17.2. The van der Waals surface area contributed by atoms with Gasteiger partial charge in [-0.15, -0.1) is 0 Å². The molecule has 0 bridgehead atoms. The molecule has 0 aromatic rings. The Bertz CT molecular complexity index is 891. The average molecular weight is 744 g/mol. The molecule has 0 fully saturated rings. The Morgan fingerprint density at radius 1 is 0.647 bits per heavy atom. The van der Waals surface area contributed by atoms with Crippen molar-refractivity contribution in [2.45, 2.75) is 199 Å². The summed E-state index contributed by atoms with van der Waals surface area (Å²) in [5.41, 5.74) is 0. The van der Waals surface area contributed by atoms with E-state index in [2.05, 4.69) is 31.3 Å². The smallest absolute Gasteiger partial charge is 0.387 e. The van der Waals surface area contributed by atoms with E-state index >= 15 is 0 Å². The Morgan fingerprint density at radius 2 is 1.08 bits per heavy atom. The van der Waals surface area contributed by atoms with Crippen molar-refractivity contribution in [1.82, 2.24) is 5.32 Å². The minimum atomic E-state index is -4.33. The Balaban J connectivity index is 4.14. The summed E-state index contributed by atoms with van der Waals surface area (Å²) in [5, 5.41) is 13.6. The first-order chi connectivity index (χ1) is 24.5. The van der Waals surface area contributed by atoms with E-state index in [-0.39, 0.29) is 19.1 Å². The number of carbonyl (C=O) groups excluding carboxylic acids is 1. The number of phosphoric acid groups is 1. The van der Waals surface area contributed by atoms with Crippen molar-refractivity contribution >= 4 is 13.7 Å². The second-order valence-electron chi connectivity index (χ2n) is 15.7. The molecule has 51 heavy (non-hydrogen) atoms. The third kappa shape index (κ3) is 37.1.